The minimum Gasteiger partial charge on any atom is -0.507 e. The van der Waals surface area contributed by atoms with Gasteiger partial charge in [0.05, 0.1) is 17.5 Å². The van der Waals surface area contributed by atoms with E-state index in [2.05, 4.69) is 15.9 Å². The Bertz CT molecular complexity index is 711. The third kappa shape index (κ3) is 3.48. The second-order valence-corrected chi connectivity index (χ2v) is 6.42. The Morgan fingerprint density at radius 3 is 2.71 bits per heavy atom. The normalized spacial score (nSPS) is 20.1. The van der Waals surface area contributed by atoms with Crippen molar-refractivity contribution in [2.75, 3.05) is 6.61 Å². The molecule has 4 nitrogen and oxygen atoms in total. The highest BCUT2D eigenvalue weighted by Gasteiger charge is 2.42. The van der Waals surface area contributed by atoms with Crippen molar-refractivity contribution in [3.8, 4) is 5.75 Å². The van der Waals surface area contributed by atoms with Crippen LogP contribution >= 0.6 is 15.9 Å². The van der Waals surface area contributed by atoms with E-state index in [0.717, 1.165) is 5.57 Å². The quantitative estimate of drug-likeness (QED) is 0.712. The van der Waals surface area contributed by atoms with E-state index in [0.29, 0.717) is 16.5 Å². The van der Waals surface area contributed by atoms with E-state index in [1.165, 1.54) is 12.1 Å². The summed E-state index contributed by atoms with van der Waals surface area (Å²) < 4.78 is 25.7. The molecule has 0 fully saturated rings. The first kappa shape index (κ1) is 18.5. The third-order valence-electron chi connectivity index (χ3n) is 3.97. The summed E-state index contributed by atoms with van der Waals surface area (Å²) in [6.45, 7) is 5.56. The highest BCUT2D eigenvalue weighted by atomic mass is 79.9. The molecule has 24 heavy (non-hydrogen) atoms. The van der Waals surface area contributed by atoms with Gasteiger partial charge in [-0.3, -0.25) is 4.79 Å². The molecule has 0 aromatic heterocycles. The molecule has 1 aliphatic rings. The summed E-state index contributed by atoms with van der Waals surface area (Å²) in [6.07, 6.45) is 2.28. The largest absolute Gasteiger partial charge is 0.507 e. The van der Waals surface area contributed by atoms with Gasteiger partial charge in [0.15, 0.2) is 22.9 Å². The third-order valence-corrected chi connectivity index (χ3v) is 4.57. The SMILES string of the molecule is CCOC(=O)Cc1cccc(F)c1OC1(C)C(CC)=CC(Br)=C1O. The van der Waals surface area contributed by atoms with Crippen molar-refractivity contribution in [1.82, 2.24) is 0 Å². The van der Waals surface area contributed by atoms with Crippen LogP contribution in [0.4, 0.5) is 4.39 Å². The first-order valence-corrected chi connectivity index (χ1v) is 8.55. The molecule has 0 heterocycles. The second-order valence-electron chi connectivity index (χ2n) is 5.56. The molecule has 0 saturated carbocycles. The van der Waals surface area contributed by atoms with Crippen LogP contribution in [0.5, 0.6) is 5.75 Å². The number of halogens is 2. The lowest BCUT2D eigenvalue weighted by Crippen LogP contribution is -2.36. The number of hydrogen-bond donors (Lipinski definition) is 1. The van der Waals surface area contributed by atoms with E-state index < -0.39 is 17.4 Å². The average Bonchev–Trinajstić information content (AvgIpc) is 2.75. The molecule has 1 atom stereocenters. The first-order valence-electron chi connectivity index (χ1n) is 7.75. The Kier molecular flexibility index (Phi) is 5.70. The number of carbonyl (C=O) groups is 1. The van der Waals surface area contributed by atoms with Crippen LogP contribution in [-0.2, 0) is 16.0 Å². The van der Waals surface area contributed by atoms with Gasteiger partial charge in [-0.1, -0.05) is 19.1 Å². The van der Waals surface area contributed by atoms with Crippen LogP contribution in [0.25, 0.3) is 0 Å². The summed E-state index contributed by atoms with van der Waals surface area (Å²) in [7, 11) is 0. The Hall–Kier alpha value is -1.82. The lowest BCUT2D eigenvalue weighted by Gasteiger charge is -2.30. The van der Waals surface area contributed by atoms with Gasteiger partial charge in [0.1, 0.15) is 0 Å². The molecule has 1 aliphatic carbocycles. The van der Waals surface area contributed by atoms with E-state index in [4.69, 9.17) is 9.47 Å². The molecular formula is C18H20BrFO4. The molecule has 0 amide bonds. The minimum absolute atomic E-state index is 0.0234. The number of para-hydroxylation sites is 1. The molecule has 1 unspecified atom stereocenters. The molecule has 2 rings (SSSR count). The van der Waals surface area contributed by atoms with Crippen molar-refractivity contribution in [2.45, 2.75) is 39.2 Å². The van der Waals surface area contributed by atoms with Crippen molar-refractivity contribution < 1.29 is 23.8 Å². The van der Waals surface area contributed by atoms with Crippen LogP contribution < -0.4 is 4.74 Å². The van der Waals surface area contributed by atoms with Gasteiger partial charge in [-0.2, -0.15) is 0 Å². The zero-order valence-corrected chi connectivity index (χ0v) is 15.4. The van der Waals surface area contributed by atoms with Gasteiger partial charge >= 0.3 is 5.97 Å². The maximum absolute atomic E-state index is 14.4. The molecule has 1 N–H and O–H groups in total. The topological polar surface area (TPSA) is 55.8 Å². The van der Waals surface area contributed by atoms with E-state index in [-0.39, 0.29) is 24.5 Å². The number of carbonyl (C=O) groups excluding carboxylic acids is 1. The molecule has 130 valence electrons. The summed E-state index contributed by atoms with van der Waals surface area (Å²) in [5.74, 6) is -1.13. The number of ether oxygens (including phenoxy) is 2. The van der Waals surface area contributed by atoms with Crippen molar-refractivity contribution in [2.24, 2.45) is 0 Å². The van der Waals surface area contributed by atoms with Gasteiger partial charge in [-0.15, -0.1) is 0 Å². The monoisotopic (exact) mass is 398 g/mol. The van der Waals surface area contributed by atoms with Gasteiger partial charge < -0.3 is 14.6 Å². The van der Waals surface area contributed by atoms with Gasteiger partial charge in [0, 0.05) is 5.56 Å². The van der Waals surface area contributed by atoms with E-state index >= 15 is 0 Å². The van der Waals surface area contributed by atoms with Crippen LogP contribution in [0.2, 0.25) is 0 Å². The summed E-state index contributed by atoms with van der Waals surface area (Å²) in [4.78, 5) is 11.8. The Balaban J connectivity index is 2.39. The summed E-state index contributed by atoms with van der Waals surface area (Å²) in [5.41, 5.74) is -0.00251. The molecule has 6 heteroatoms. The highest BCUT2D eigenvalue weighted by molar-refractivity contribution is 9.11. The number of benzene rings is 1. The highest BCUT2D eigenvalue weighted by Crippen LogP contribution is 2.42. The van der Waals surface area contributed by atoms with Gasteiger partial charge in [0.2, 0.25) is 0 Å². The lowest BCUT2D eigenvalue weighted by atomic mass is 9.95. The van der Waals surface area contributed by atoms with Crippen molar-refractivity contribution >= 4 is 21.9 Å². The van der Waals surface area contributed by atoms with E-state index in [9.17, 15) is 14.3 Å². The standard InChI is InChI=1S/C18H20BrFO4/c1-4-12-10-13(19)17(22)18(12,3)24-16-11(7-6-8-14(16)20)9-15(21)23-5-2/h6-8,10,22H,4-5,9H2,1-3H3. The van der Waals surface area contributed by atoms with Gasteiger partial charge in [-0.25, -0.2) is 4.39 Å². The minimum atomic E-state index is -1.18. The van der Waals surface area contributed by atoms with E-state index in [1.54, 1.807) is 26.0 Å². The van der Waals surface area contributed by atoms with E-state index in [1.807, 2.05) is 6.92 Å². The maximum Gasteiger partial charge on any atom is 0.310 e. The van der Waals surface area contributed by atoms with Crippen molar-refractivity contribution in [3.05, 3.63) is 51.5 Å². The summed E-state index contributed by atoms with van der Waals surface area (Å²) in [5, 5.41) is 10.4. The second kappa shape index (κ2) is 7.38. The van der Waals surface area contributed by atoms with Crippen LogP contribution in [0.15, 0.2) is 40.1 Å². The number of hydrogen-bond acceptors (Lipinski definition) is 4. The summed E-state index contributed by atoms with van der Waals surface area (Å²) in [6, 6.07) is 4.38. The van der Waals surface area contributed by atoms with Gasteiger partial charge in [0.25, 0.3) is 0 Å². The first-order chi connectivity index (χ1) is 11.3. The fourth-order valence-corrected chi connectivity index (χ4v) is 3.33. The van der Waals surface area contributed by atoms with Gasteiger partial charge in [-0.05, 0) is 53.9 Å². The zero-order chi connectivity index (χ0) is 17.9. The van der Waals surface area contributed by atoms with Crippen LogP contribution in [0.1, 0.15) is 32.8 Å². The predicted octanol–water partition coefficient (Wildman–Crippen LogP) is 4.58. The average molecular weight is 399 g/mol. The summed E-state index contributed by atoms with van der Waals surface area (Å²) >= 11 is 3.28. The Morgan fingerprint density at radius 2 is 2.08 bits per heavy atom. The fraction of sp³-hybridized carbons (Fsp3) is 0.389. The van der Waals surface area contributed by atoms with Crippen molar-refractivity contribution in [1.29, 1.82) is 0 Å². The molecular weight excluding hydrogens is 379 g/mol. The van der Waals surface area contributed by atoms with Crippen molar-refractivity contribution in [3.63, 3.8) is 0 Å². The number of aliphatic hydroxyl groups is 1. The Labute approximate surface area is 149 Å². The van der Waals surface area contributed by atoms with Crippen LogP contribution in [-0.4, -0.2) is 23.3 Å². The fourth-order valence-electron chi connectivity index (χ4n) is 2.67. The molecule has 1 aromatic rings. The molecule has 0 radical (unpaired) electrons. The molecule has 0 aliphatic heterocycles. The predicted molar refractivity (Wildman–Crippen MR) is 92.7 cm³/mol. The number of rotatable bonds is 6. The zero-order valence-electron chi connectivity index (χ0n) is 13.9. The maximum atomic E-state index is 14.4. The smallest absolute Gasteiger partial charge is 0.310 e. The molecule has 0 saturated heterocycles. The number of allylic oxidation sites excluding steroid dienone is 2. The number of aliphatic hydroxyl groups excluding tert-OH is 1. The molecule has 1 aromatic carbocycles. The van der Waals surface area contributed by atoms with Crippen LogP contribution in [0, 0.1) is 5.82 Å². The number of esters is 1. The molecule has 0 spiro atoms. The van der Waals surface area contributed by atoms with Crippen LogP contribution in [0.3, 0.4) is 0 Å². The Morgan fingerprint density at radius 1 is 1.38 bits per heavy atom. The molecule has 0 bridgehead atoms. The lowest BCUT2D eigenvalue weighted by molar-refractivity contribution is -0.142.